The molecule has 0 radical (unpaired) electrons. The fourth-order valence-corrected chi connectivity index (χ4v) is 5.37. The van der Waals surface area contributed by atoms with Gasteiger partial charge in [0.2, 0.25) is 4.80 Å². The van der Waals surface area contributed by atoms with E-state index in [0.29, 0.717) is 16.4 Å². The number of rotatable bonds is 8. The summed E-state index contributed by atoms with van der Waals surface area (Å²) >= 11 is 2.82. The first-order chi connectivity index (χ1) is 17.7. The Bertz CT molecular complexity index is 1510. The van der Waals surface area contributed by atoms with Gasteiger partial charge in [-0.1, -0.05) is 90.6 Å². The lowest BCUT2D eigenvalue weighted by Gasteiger charge is -2.10. The van der Waals surface area contributed by atoms with E-state index in [1.165, 1.54) is 23.1 Å². The lowest BCUT2D eigenvalue weighted by molar-refractivity contribution is -0.118. The SMILES string of the molecule is Cn1c(-c2ccccc2)cs/c1=N\NC(=O)CSc1nnc(Cc2ccccc2)n1-c1ccccc1. The maximum Gasteiger partial charge on any atom is 0.250 e. The lowest BCUT2D eigenvalue weighted by atomic mass is 10.1. The Hall–Kier alpha value is -3.95. The summed E-state index contributed by atoms with van der Waals surface area (Å²) in [5, 5.41) is 15.9. The first-order valence-corrected chi connectivity index (χ1v) is 13.2. The standard InChI is InChI=1S/C27H24N6OS2/c1-32-23(21-13-7-3-8-14-21)18-35-26(32)30-29-25(34)19-36-27-31-28-24(17-20-11-5-2-6-12-20)33(27)22-15-9-4-10-16-22/h2-16,18H,17,19H2,1H3,(H,29,34)/b30-26-. The number of benzene rings is 3. The highest BCUT2D eigenvalue weighted by atomic mass is 32.2. The summed E-state index contributed by atoms with van der Waals surface area (Å²) in [5.74, 6) is 0.779. The molecule has 36 heavy (non-hydrogen) atoms. The number of nitrogens with one attached hydrogen (secondary N) is 1. The normalized spacial score (nSPS) is 11.5. The second-order valence-corrected chi connectivity index (χ2v) is 9.78. The molecule has 0 bridgehead atoms. The fourth-order valence-electron chi connectivity index (χ4n) is 3.74. The fraction of sp³-hybridized carbons (Fsp3) is 0.111. The summed E-state index contributed by atoms with van der Waals surface area (Å²) in [4.78, 5) is 13.3. The van der Waals surface area contributed by atoms with Gasteiger partial charge in [0, 0.05) is 24.5 Å². The molecule has 2 heterocycles. The van der Waals surface area contributed by atoms with Gasteiger partial charge in [0.05, 0.1) is 11.4 Å². The van der Waals surface area contributed by atoms with E-state index in [1.54, 1.807) is 0 Å². The molecule has 0 fully saturated rings. The molecular weight excluding hydrogens is 488 g/mol. The second kappa shape index (κ2) is 11.2. The average Bonchev–Trinajstić information content (AvgIpc) is 3.50. The van der Waals surface area contributed by atoms with Crippen LogP contribution in [-0.2, 0) is 18.3 Å². The quantitative estimate of drug-likeness (QED) is 0.243. The highest BCUT2D eigenvalue weighted by molar-refractivity contribution is 7.99. The van der Waals surface area contributed by atoms with Gasteiger partial charge < -0.3 is 4.57 Å². The third-order valence-corrected chi connectivity index (χ3v) is 7.37. The molecule has 180 valence electrons. The molecule has 1 amide bonds. The minimum absolute atomic E-state index is 0.167. The topological polar surface area (TPSA) is 77.1 Å². The highest BCUT2D eigenvalue weighted by Gasteiger charge is 2.16. The van der Waals surface area contributed by atoms with Crippen LogP contribution in [0.25, 0.3) is 16.9 Å². The summed E-state index contributed by atoms with van der Waals surface area (Å²) < 4.78 is 3.98. The van der Waals surface area contributed by atoms with Crippen LogP contribution in [0, 0.1) is 0 Å². The predicted octanol–water partition coefficient (Wildman–Crippen LogP) is 4.65. The Morgan fingerprint density at radius 1 is 0.944 bits per heavy atom. The van der Waals surface area contributed by atoms with E-state index >= 15 is 0 Å². The van der Waals surface area contributed by atoms with Crippen molar-refractivity contribution in [2.45, 2.75) is 11.6 Å². The molecule has 5 rings (SSSR count). The summed E-state index contributed by atoms with van der Waals surface area (Å²) in [6.45, 7) is 0. The van der Waals surface area contributed by atoms with Gasteiger partial charge in [0.15, 0.2) is 5.16 Å². The second-order valence-electron chi connectivity index (χ2n) is 8.00. The van der Waals surface area contributed by atoms with Gasteiger partial charge in [-0.2, -0.15) is 0 Å². The van der Waals surface area contributed by atoms with Crippen molar-refractivity contribution >= 4 is 29.0 Å². The number of thioether (sulfide) groups is 1. The van der Waals surface area contributed by atoms with Gasteiger partial charge in [-0.05, 0) is 23.3 Å². The van der Waals surface area contributed by atoms with E-state index in [0.717, 1.165) is 28.3 Å². The van der Waals surface area contributed by atoms with Crippen LogP contribution in [0.2, 0.25) is 0 Å². The summed E-state index contributed by atoms with van der Waals surface area (Å²) in [5.41, 5.74) is 6.93. The maximum atomic E-state index is 12.6. The zero-order chi connectivity index (χ0) is 24.7. The minimum atomic E-state index is -0.207. The van der Waals surface area contributed by atoms with Crippen LogP contribution in [-0.4, -0.2) is 31.0 Å². The van der Waals surface area contributed by atoms with Crippen molar-refractivity contribution in [1.82, 2.24) is 24.8 Å². The number of amides is 1. The number of thiazole rings is 1. The van der Waals surface area contributed by atoms with Crippen molar-refractivity contribution in [3.05, 3.63) is 113 Å². The summed E-state index contributed by atoms with van der Waals surface area (Å²) in [6, 6.07) is 30.2. The van der Waals surface area contributed by atoms with Crippen molar-refractivity contribution in [3.63, 3.8) is 0 Å². The molecule has 0 saturated carbocycles. The zero-order valence-electron chi connectivity index (χ0n) is 19.6. The van der Waals surface area contributed by atoms with Crippen molar-refractivity contribution in [2.24, 2.45) is 12.1 Å². The molecule has 0 atom stereocenters. The van der Waals surface area contributed by atoms with Crippen molar-refractivity contribution in [3.8, 4) is 16.9 Å². The Balaban J connectivity index is 1.30. The van der Waals surface area contributed by atoms with Crippen LogP contribution >= 0.6 is 23.1 Å². The Kier molecular flexibility index (Phi) is 7.39. The number of carbonyl (C=O) groups excluding carboxylic acids is 1. The minimum Gasteiger partial charge on any atom is -0.318 e. The number of hydrogen-bond acceptors (Lipinski definition) is 6. The molecule has 0 aliphatic rings. The molecule has 2 aromatic heterocycles. The number of para-hydroxylation sites is 1. The Morgan fingerprint density at radius 3 is 2.33 bits per heavy atom. The average molecular weight is 513 g/mol. The van der Waals surface area contributed by atoms with Crippen LogP contribution in [0.5, 0.6) is 0 Å². The molecule has 5 aromatic rings. The Labute approximate surface area is 217 Å². The van der Waals surface area contributed by atoms with Crippen molar-refractivity contribution in [2.75, 3.05) is 5.75 Å². The molecule has 0 spiro atoms. The predicted molar refractivity (Wildman–Crippen MR) is 144 cm³/mol. The van der Waals surface area contributed by atoms with Gasteiger partial charge >= 0.3 is 0 Å². The van der Waals surface area contributed by atoms with Crippen LogP contribution < -0.4 is 10.2 Å². The van der Waals surface area contributed by atoms with E-state index in [-0.39, 0.29) is 11.7 Å². The number of hydrogen-bond donors (Lipinski definition) is 1. The highest BCUT2D eigenvalue weighted by Crippen LogP contribution is 2.23. The smallest absolute Gasteiger partial charge is 0.250 e. The molecular formula is C27H24N6OS2. The van der Waals surface area contributed by atoms with Crippen LogP contribution in [0.1, 0.15) is 11.4 Å². The van der Waals surface area contributed by atoms with Crippen LogP contribution in [0.3, 0.4) is 0 Å². The summed E-state index contributed by atoms with van der Waals surface area (Å²) in [7, 11) is 1.94. The molecule has 3 aromatic carbocycles. The van der Waals surface area contributed by atoms with Crippen molar-refractivity contribution in [1.29, 1.82) is 0 Å². The largest absolute Gasteiger partial charge is 0.318 e. The number of aromatic nitrogens is 4. The lowest BCUT2D eigenvalue weighted by Crippen LogP contribution is -2.25. The van der Waals surface area contributed by atoms with Gasteiger partial charge in [-0.25, -0.2) is 5.43 Å². The molecule has 0 aliphatic heterocycles. The molecule has 0 unspecified atom stereocenters. The monoisotopic (exact) mass is 512 g/mol. The van der Waals surface area contributed by atoms with E-state index < -0.39 is 0 Å². The Morgan fingerprint density at radius 2 is 1.61 bits per heavy atom. The molecule has 7 nitrogen and oxygen atoms in total. The maximum absolute atomic E-state index is 12.6. The third-order valence-electron chi connectivity index (χ3n) is 5.52. The van der Waals surface area contributed by atoms with Gasteiger partial charge in [0.25, 0.3) is 5.91 Å². The van der Waals surface area contributed by atoms with E-state index in [1.807, 2.05) is 88.3 Å². The van der Waals surface area contributed by atoms with Crippen molar-refractivity contribution < 1.29 is 4.79 Å². The number of nitrogens with zero attached hydrogens (tertiary/aromatic N) is 5. The molecule has 9 heteroatoms. The third kappa shape index (κ3) is 5.48. The van der Waals surface area contributed by atoms with Gasteiger partial charge in [-0.15, -0.1) is 26.6 Å². The van der Waals surface area contributed by atoms with Gasteiger partial charge in [0.1, 0.15) is 5.82 Å². The molecule has 0 saturated heterocycles. The number of carbonyl (C=O) groups is 1. The summed E-state index contributed by atoms with van der Waals surface area (Å²) in [6.07, 6.45) is 0.642. The van der Waals surface area contributed by atoms with Gasteiger partial charge in [-0.3, -0.25) is 9.36 Å². The van der Waals surface area contributed by atoms with Crippen LogP contribution in [0.4, 0.5) is 0 Å². The van der Waals surface area contributed by atoms with E-state index in [2.05, 4.69) is 45.0 Å². The molecule has 1 N–H and O–H groups in total. The van der Waals surface area contributed by atoms with E-state index in [9.17, 15) is 4.79 Å². The first kappa shape index (κ1) is 23.8. The van der Waals surface area contributed by atoms with Crippen LogP contribution in [0.15, 0.2) is 107 Å². The van der Waals surface area contributed by atoms with E-state index in [4.69, 9.17) is 0 Å². The first-order valence-electron chi connectivity index (χ1n) is 11.4. The zero-order valence-corrected chi connectivity index (χ0v) is 21.2. The molecule has 0 aliphatic carbocycles.